The Kier molecular flexibility index (Phi) is 6.66. The van der Waals surface area contributed by atoms with Gasteiger partial charge in [-0.3, -0.25) is 4.98 Å². The minimum atomic E-state index is 0.262. The molecule has 2 nitrogen and oxygen atoms in total. The average molecular weight is 269 g/mol. The van der Waals surface area contributed by atoms with Gasteiger partial charge in [-0.25, -0.2) is 0 Å². The summed E-state index contributed by atoms with van der Waals surface area (Å²) in [6.45, 7) is 9.91. The van der Waals surface area contributed by atoms with Crippen LogP contribution in [0.25, 0.3) is 0 Å². The van der Waals surface area contributed by atoms with E-state index in [9.17, 15) is 0 Å². The lowest BCUT2D eigenvalue weighted by Gasteiger charge is -2.23. The Bertz CT molecular complexity index is 352. The Hall–Kier alpha value is -0.600. The third-order valence-corrected chi connectivity index (χ3v) is 3.40. The van der Waals surface area contributed by atoms with Crippen LogP contribution in [0.15, 0.2) is 18.3 Å². The quantitative estimate of drug-likeness (QED) is 0.790. The van der Waals surface area contributed by atoms with Crippen LogP contribution in [0.3, 0.4) is 0 Å². The minimum absolute atomic E-state index is 0.262. The molecule has 1 N–H and O–H groups in total. The van der Waals surface area contributed by atoms with Crippen molar-refractivity contribution in [3.63, 3.8) is 0 Å². The number of halogens is 1. The molecule has 102 valence electrons. The predicted octanol–water partition coefficient (Wildman–Crippen LogP) is 4.46. The maximum absolute atomic E-state index is 6.24. The molecule has 18 heavy (non-hydrogen) atoms. The standard InChI is InChI=1S/C15H25ClN2/c1-5-17-14(10-12(4)9-11(2)3)15-13(16)7-6-8-18-15/h6-8,11-12,14,17H,5,9-10H2,1-4H3. The number of aromatic nitrogens is 1. The molecule has 0 saturated heterocycles. The highest BCUT2D eigenvalue weighted by Gasteiger charge is 2.18. The van der Waals surface area contributed by atoms with Crippen molar-refractivity contribution >= 4 is 11.6 Å². The van der Waals surface area contributed by atoms with Crippen molar-refractivity contribution in [3.05, 3.63) is 29.0 Å². The van der Waals surface area contributed by atoms with E-state index < -0.39 is 0 Å². The molecule has 0 aromatic carbocycles. The van der Waals surface area contributed by atoms with E-state index in [-0.39, 0.29) is 6.04 Å². The molecule has 0 radical (unpaired) electrons. The summed E-state index contributed by atoms with van der Waals surface area (Å²) in [6.07, 6.45) is 4.15. The number of nitrogens with zero attached hydrogens (tertiary/aromatic N) is 1. The molecule has 1 rings (SSSR count). The fourth-order valence-electron chi connectivity index (χ4n) is 2.50. The largest absolute Gasteiger partial charge is 0.309 e. The summed E-state index contributed by atoms with van der Waals surface area (Å²) in [4.78, 5) is 4.43. The van der Waals surface area contributed by atoms with Gasteiger partial charge in [-0.2, -0.15) is 0 Å². The van der Waals surface area contributed by atoms with E-state index in [2.05, 4.69) is 38.0 Å². The first-order chi connectivity index (χ1) is 8.54. The van der Waals surface area contributed by atoms with Gasteiger partial charge in [0, 0.05) is 6.20 Å². The van der Waals surface area contributed by atoms with Crippen molar-refractivity contribution in [1.29, 1.82) is 0 Å². The van der Waals surface area contributed by atoms with Gasteiger partial charge in [-0.05, 0) is 43.4 Å². The summed E-state index contributed by atoms with van der Waals surface area (Å²) in [6, 6.07) is 4.06. The van der Waals surface area contributed by atoms with E-state index in [0.717, 1.165) is 29.6 Å². The molecule has 1 aromatic rings. The first-order valence-corrected chi connectivity index (χ1v) is 7.26. The van der Waals surface area contributed by atoms with Crippen LogP contribution in [0.4, 0.5) is 0 Å². The molecule has 0 bridgehead atoms. The van der Waals surface area contributed by atoms with Gasteiger partial charge < -0.3 is 5.32 Å². The summed E-state index contributed by atoms with van der Waals surface area (Å²) >= 11 is 6.24. The van der Waals surface area contributed by atoms with Crippen LogP contribution >= 0.6 is 11.6 Å². The maximum Gasteiger partial charge on any atom is 0.0759 e. The van der Waals surface area contributed by atoms with Gasteiger partial charge in [-0.15, -0.1) is 0 Å². The van der Waals surface area contributed by atoms with E-state index in [1.165, 1.54) is 6.42 Å². The van der Waals surface area contributed by atoms with Crippen LogP contribution in [-0.2, 0) is 0 Å². The zero-order valence-corrected chi connectivity index (χ0v) is 12.7. The number of hydrogen-bond donors (Lipinski definition) is 1. The number of rotatable bonds is 7. The summed E-state index contributed by atoms with van der Waals surface area (Å²) in [5.74, 6) is 1.41. The molecule has 1 aromatic heterocycles. The van der Waals surface area contributed by atoms with Crippen LogP contribution < -0.4 is 5.32 Å². The summed E-state index contributed by atoms with van der Waals surface area (Å²) < 4.78 is 0. The molecule has 2 atom stereocenters. The Morgan fingerprint density at radius 2 is 2.00 bits per heavy atom. The first-order valence-electron chi connectivity index (χ1n) is 6.88. The van der Waals surface area contributed by atoms with Gasteiger partial charge in [0.2, 0.25) is 0 Å². The highest BCUT2D eigenvalue weighted by Crippen LogP contribution is 2.28. The SMILES string of the molecule is CCNC(CC(C)CC(C)C)c1ncccc1Cl. The van der Waals surface area contributed by atoms with Gasteiger partial charge in [0.15, 0.2) is 0 Å². The van der Waals surface area contributed by atoms with Gasteiger partial charge in [-0.1, -0.05) is 39.3 Å². The van der Waals surface area contributed by atoms with Crippen molar-refractivity contribution < 1.29 is 0 Å². The molecule has 0 saturated carbocycles. The van der Waals surface area contributed by atoms with E-state index >= 15 is 0 Å². The fourth-order valence-corrected chi connectivity index (χ4v) is 2.75. The highest BCUT2D eigenvalue weighted by atomic mass is 35.5. The van der Waals surface area contributed by atoms with Crippen LogP contribution in [0.2, 0.25) is 5.02 Å². The number of hydrogen-bond acceptors (Lipinski definition) is 2. The van der Waals surface area contributed by atoms with Crippen LogP contribution in [0.1, 0.15) is 52.3 Å². The molecule has 1 heterocycles. The molecule has 0 amide bonds. The highest BCUT2D eigenvalue weighted by molar-refractivity contribution is 6.31. The van der Waals surface area contributed by atoms with Crippen LogP contribution in [0.5, 0.6) is 0 Å². The second kappa shape index (κ2) is 7.75. The lowest BCUT2D eigenvalue weighted by Crippen LogP contribution is -2.24. The van der Waals surface area contributed by atoms with Gasteiger partial charge >= 0.3 is 0 Å². The minimum Gasteiger partial charge on any atom is -0.309 e. The van der Waals surface area contributed by atoms with E-state index in [1.807, 2.05) is 18.3 Å². The molecule has 0 aliphatic rings. The summed E-state index contributed by atoms with van der Waals surface area (Å²) in [5.41, 5.74) is 0.983. The average Bonchev–Trinajstić information content (AvgIpc) is 2.28. The molecule has 2 unspecified atom stereocenters. The third-order valence-electron chi connectivity index (χ3n) is 3.08. The Balaban J connectivity index is 2.74. The van der Waals surface area contributed by atoms with E-state index in [1.54, 1.807) is 0 Å². The second-order valence-electron chi connectivity index (χ2n) is 5.45. The third kappa shape index (κ3) is 4.95. The zero-order valence-electron chi connectivity index (χ0n) is 11.9. The van der Waals surface area contributed by atoms with Crippen molar-refractivity contribution in [2.75, 3.05) is 6.54 Å². The van der Waals surface area contributed by atoms with Crippen LogP contribution in [0, 0.1) is 11.8 Å². The Morgan fingerprint density at radius 1 is 1.28 bits per heavy atom. The predicted molar refractivity (Wildman–Crippen MR) is 78.9 cm³/mol. The molecular formula is C15H25ClN2. The topological polar surface area (TPSA) is 24.9 Å². The molecule has 0 spiro atoms. The Labute approximate surface area is 116 Å². The normalized spacial score (nSPS) is 14.8. The summed E-state index contributed by atoms with van der Waals surface area (Å²) in [5, 5.41) is 4.26. The van der Waals surface area contributed by atoms with Crippen molar-refractivity contribution in [3.8, 4) is 0 Å². The monoisotopic (exact) mass is 268 g/mol. The first kappa shape index (κ1) is 15.5. The summed E-state index contributed by atoms with van der Waals surface area (Å²) in [7, 11) is 0. The lowest BCUT2D eigenvalue weighted by atomic mass is 9.91. The molecular weight excluding hydrogens is 244 g/mol. The van der Waals surface area contributed by atoms with Crippen molar-refractivity contribution in [1.82, 2.24) is 10.3 Å². The van der Waals surface area contributed by atoms with E-state index in [0.29, 0.717) is 5.92 Å². The molecule has 3 heteroatoms. The smallest absolute Gasteiger partial charge is 0.0759 e. The number of nitrogens with one attached hydrogen (secondary N) is 1. The van der Waals surface area contributed by atoms with Crippen molar-refractivity contribution in [2.24, 2.45) is 11.8 Å². The van der Waals surface area contributed by atoms with Gasteiger partial charge in [0.05, 0.1) is 16.8 Å². The molecule has 0 aliphatic heterocycles. The van der Waals surface area contributed by atoms with Gasteiger partial charge in [0.1, 0.15) is 0 Å². The zero-order chi connectivity index (χ0) is 13.5. The molecule has 0 aliphatic carbocycles. The molecule has 0 fully saturated rings. The second-order valence-corrected chi connectivity index (χ2v) is 5.86. The lowest BCUT2D eigenvalue weighted by molar-refractivity contribution is 0.356. The fraction of sp³-hybridized carbons (Fsp3) is 0.667. The van der Waals surface area contributed by atoms with E-state index in [4.69, 9.17) is 11.6 Å². The van der Waals surface area contributed by atoms with Gasteiger partial charge in [0.25, 0.3) is 0 Å². The van der Waals surface area contributed by atoms with Crippen LogP contribution in [-0.4, -0.2) is 11.5 Å². The van der Waals surface area contributed by atoms with Crippen molar-refractivity contribution in [2.45, 2.75) is 46.6 Å². The maximum atomic E-state index is 6.24. The number of pyridine rings is 1. The Morgan fingerprint density at radius 3 is 2.56 bits per heavy atom.